The van der Waals surface area contributed by atoms with E-state index in [1.165, 1.54) is 12.1 Å². The summed E-state index contributed by atoms with van der Waals surface area (Å²) in [5.74, 6) is 0.324. The van der Waals surface area contributed by atoms with Gasteiger partial charge in [-0.25, -0.2) is 0 Å². The molecule has 0 saturated carbocycles. The molecule has 0 fully saturated rings. The molecule has 1 aromatic rings. The van der Waals surface area contributed by atoms with Crippen LogP contribution in [-0.2, 0) is 17.3 Å². The van der Waals surface area contributed by atoms with Crippen molar-refractivity contribution in [2.75, 3.05) is 6.61 Å². The first-order valence-electron chi connectivity index (χ1n) is 9.77. The van der Waals surface area contributed by atoms with E-state index in [0.29, 0.717) is 23.3 Å². The van der Waals surface area contributed by atoms with Gasteiger partial charge >= 0.3 is 12.4 Å². The number of alkyl halides is 6. The third-order valence-corrected chi connectivity index (χ3v) is 5.01. The van der Waals surface area contributed by atoms with Gasteiger partial charge in [0, 0.05) is 17.4 Å². The largest absolute Gasteiger partial charge is 0.496 e. The van der Waals surface area contributed by atoms with Crippen molar-refractivity contribution in [2.24, 2.45) is 10.4 Å². The molecule has 0 saturated heterocycles. The quantitative estimate of drug-likeness (QED) is 0.397. The van der Waals surface area contributed by atoms with E-state index in [-0.39, 0.29) is 13.0 Å². The summed E-state index contributed by atoms with van der Waals surface area (Å²) in [6.45, 7) is 10.9. The Balaban J connectivity index is 0.00000233. The molecule has 0 amide bonds. The van der Waals surface area contributed by atoms with Crippen LogP contribution < -0.4 is 0 Å². The number of rotatable bonds is 6. The van der Waals surface area contributed by atoms with Gasteiger partial charge in [0.2, 0.25) is 0 Å². The van der Waals surface area contributed by atoms with Gasteiger partial charge in [0.15, 0.2) is 6.10 Å². The molecule has 1 aliphatic rings. The Morgan fingerprint density at radius 2 is 1.74 bits per heavy atom. The lowest BCUT2D eigenvalue weighted by molar-refractivity contribution is -0.191. The second kappa shape index (κ2) is 10.3. The smallest absolute Gasteiger partial charge is 0.420 e. The minimum absolute atomic E-state index is 0.0894. The van der Waals surface area contributed by atoms with E-state index in [0.717, 1.165) is 18.2 Å². The van der Waals surface area contributed by atoms with Crippen molar-refractivity contribution >= 4 is 6.72 Å². The zero-order valence-electron chi connectivity index (χ0n) is 17.9. The van der Waals surface area contributed by atoms with Crippen molar-refractivity contribution in [3.8, 4) is 0 Å². The Labute approximate surface area is 178 Å². The Morgan fingerprint density at radius 3 is 2.16 bits per heavy atom. The number of hydrogen-bond donors (Lipinski definition) is 1. The molecule has 2 unspecified atom stereocenters. The lowest BCUT2D eigenvalue weighted by atomic mass is 9.80. The molecule has 9 heteroatoms. The van der Waals surface area contributed by atoms with Crippen LogP contribution in [0.5, 0.6) is 0 Å². The molecule has 1 aliphatic heterocycles. The highest BCUT2D eigenvalue weighted by atomic mass is 19.4. The molecular weight excluding hydrogens is 424 g/mol. The summed E-state index contributed by atoms with van der Waals surface area (Å²) in [5, 5.41) is 9.53. The number of aliphatic hydroxyl groups excluding tert-OH is 1. The van der Waals surface area contributed by atoms with Gasteiger partial charge in [-0.2, -0.15) is 26.3 Å². The van der Waals surface area contributed by atoms with Crippen molar-refractivity contribution in [2.45, 2.75) is 59.0 Å². The van der Waals surface area contributed by atoms with Crippen LogP contribution in [-0.4, -0.2) is 30.7 Å². The predicted molar refractivity (Wildman–Crippen MR) is 108 cm³/mol. The van der Waals surface area contributed by atoms with Crippen LogP contribution in [0, 0.1) is 5.41 Å². The van der Waals surface area contributed by atoms with Crippen LogP contribution in [0.2, 0.25) is 0 Å². The minimum Gasteiger partial charge on any atom is -0.496 e. The topological polar surface area (TPSA) is 41.8 Å². The average molecular weight is 451 g/mol. The number of aliphatic imine (C=N–C) groups is 1. The molecule has 0 aromatic heterocycles. The van der Waals surface area contributed by atoms with E-state index in [1.54, 1.807) is 6.92 Å². The Hall–Kier alpha value is -2.29. The highest BCUT2D eigenvalue weighted by Crippen LogP contribution is 2.43. The van der Waals surface area contributed by atoms with Crippen LogP contribution in [0.4, 0.5) is 26.3 Å². The number of hydrogen-bond acceptors (Lipinski definition) is 3. The third kappa shape index (κ3) is 6.59. The van der Waals surface area contributed by atoms with Gasteiger partial charge in [0.05, 0.1) is 17.9 Å². The van der Waals surface area contributed by atoms with Crippen LogP contribution in [0.1, 0.15) is 45.2 Å². The Bertz CT molecular complexity index is 809. The van der Waals surface area contributed by atoms with Gasteiger partial charge < -0.3 is 9.84 Å². The van der Waals surface area contributed by atoms with Crippen molar-refractivity contribution < 1.29 is 36.2 Å². The number of ether oxygens (including phenoxy) is 1. The molecule has 174 valence electrons. The monoisotopic (exact) mass is 451 g/mol. The number of nitrogens with zero attached hydrogens (tertiary/aromatic N) is 1. The fourth-order valence-corrected chi connectivity index (χ4v) is 2.96. The van der Waals surface area contributed by atoms with Crippen LogP contribution >= 0.6 is 0 Å². The third-order valence-electron chi connectivity index (χ3n) is 5.01. The molecule has 0 radical (unpaired) electrons. The molecule has 1 heterocycles. The maximum Gasteiger partial charge on any atom is 0.420 e. The molecule has 0 aliphatic carbocycles. The van der Waals surface area contributed by atoms with Gasteiger partial charge in [0.25, 0.3) is 0 Å². The second-order valence-electron chi connectivity index (χ2n) is 7.08. The molecule has 1 N–H and O–H groups in total. The lowest BCUT2D eigenvalue weighted by Gasteiger charge is -2.23. The van der Waals surface area contributed by atoms with E-state index in [2.05, 4.69) is 11.7 Å². The van der Waals surface area contributed by atoms with E-state index in [4.69, 9.17) is 4.74 Å². The van der Waals surface area contributed by atoms with E-state index in [1.807, 2.05) is 20.8 Å². The maximum absolute atomic E-state index is 12.9. The first kappa shape index (κ1) is 26.7. The molecule has 3 nitrogen and oxygen atoms in total. The SMILES string of the molecule is C=N/C(=C\C1=C(Cc2ccc(C(F)(F)F)cc2)OCC1(C)CC)C(O)C(F)(F)F.CC. The van der Waals surface area contributed by atoms with E-state index >= 15 is 0 Å². The highest BCUT2D eigenvalue weighted by molar-refractivity contribution is 5.41. The van der Waals surface area contributed by atoms with Gasteiger partial charge in [-0.05, 0) is 36.9 Å². The minimum atomic E-state index is -4.91. The summed E-state index contributed by atoms with van der Waals surface area (Å²) in [7, 11) is 0. The number of aliphatic hydroxyl groups is 1. The summed E-state index contributed by atoms with van der Waals surface area (Å²) >= 11 is 0. The van der Waals surface area contributed by atoms with Gasteiger partial charge in [-0.3, -0.25) is 4.99 Å². The van der Waals surface area contributed by atoms with Crippen molar-refractivity contribution in [1.29, 1.82) is 0 Å². The number of allylic oxidation sites excluding steroid dienone is 2. The van der Waals surface area contributed by atoms with Gasteiger partial charge in [-0.1, -0.05) is 39.8 Å². The normalized spacial score (nSPS) is 20.7. The standard InChI is InChI=1S/C20H21F6NO2.C2H6/c1-4-18(2)11-29-16(9-12-5-7-13(8-6-12)19(21,22)23)14(18)10-15(27-3)17(28)20(24,25)26;1-2/h5-8,10,17,28H,3-4,9,11H2,1-2H3;1-2H3/b15-10-;. The van der Waals surface area contributed by atoms with E-state index in [9.17, 15) is 31.4 Å². The summed E-state index contributed by atoms with van der Waals surface area (Å²) in [6, 6.07) is 4.45. The molecule has 1 aromatic carbocycles. The van der Waals surface area contributed by atoms with Crippen molar-refractivity contribution in [3.05, 3.63) is 58.5 Å². The summed E-state index contributed by atoms with van der Waals surface area (Å²) in [4.78, 5) is 3.32. The summed E-state index contributed by atoms with van der Waals surface area (Å²) in [5.41, 5.74) is -1.19. The Morgan fingerprint density at radius 1 is 1.19 bits per heavy atom. The van der Waals surface area contributed by atoms with E-state index < -0.39 is 35.1 Å². The van der Waals surface area contributed by atoms with Crippen molar-refractivity contribution in [3.63, 3.8) is 0 Å². The average Bonchev–Trinajstić information content (AvgIpc) is 3.02. The predicted octanol–water partition coefficient (Wildman–Crippen LogP) is 6.48. The molecule has 0 bridgehead atoms. The fraction of sp³-hybridized carbons (Fsp3) is 0.500. The summed E-state index contributed by atoms with van der Waals surface area (Å²) < 4.78 is 82.5. The zero-order chi connectivity index (χ0) is 24.0. The first-order valence-corrected chi connectivity index (χ1v) is 9.77. The van der Waals surface area contributed by atoms with Crippen LogP contribution in [0.3, 0.4) is 0 Å². The molecule has 0 spiro atoms. The molecule has 2 atom stereocenters. The maximum atomic E-state index is 12.9. The van der Waals surface area contributed by atoms with Gasteiger partial charge in [-0.15, -0.1) is 0 Å². The Kier molecular flexibility index (Phi) is 8.93. The highest BCUT2D eigenvalue weighted by Gasteiger charge is 2.43. The summed E-state index contributed by atoms with van der Waals surface area (Å²) in [6.07, 6.45) is -10.5. The number of benzene rings is 1. The lowest BCUT2D eigenvalue weighted by Crippen LogP contribution is -2.30. The molecule has 31 heavy (non-hydrogen) atoms. The second-order valence-corrected chi connectivity index (χ2v) is 7.08. The van der Waals surface area contributed by atoms with Crippen LogP contribution in [0.25, 0.3) is 0 Å². The zero-order valence-corrected chi connectivity index (χ0v) is 17.9. The van der Waals surface area contributed by atoms with Crippen LogP contribution in [0.15, 0.2) is 52.4 Å². The first-order chi connectivity index (χ1) is 14.3. The van der Waals surface area contributed by atoms with Gasteiger partial charge in [0.1, 0.15) is 5.76 Å². The fourth-order valence-electron chi connectivity index (χ4n) is 2.96. The number of halogens is 6. The van der Waals surface area contributed by atoms with Crippen molar-refractivity contribution in [1.82, 2.24) is 0 Å². The molecule has 2 rings (SSSR count). The molecular formula is C22H27F6NO2.